The van der Waals surface area contributed by atoms with Gasteiger partial charge in [-0.1, -0.05) is 68.2 Å². The lowest BCUT2D eigenvalue weighted by molar-refractivity contribution is 0.316. The van der Waals surface area contributed by atoms with Gasteiger partial charge in [0.1, 0.15) is 0 Å². The molecule has 0 aromatic rings. The van der Waals surface area contributed by atoms with Crippen LogP contribution in [-0.4, -0.2) is 34.4 Å². The molecule has 4 atom stereocenters. The molecule has 0 aliphatic rings. The maximum atomic E-state index is 12.4. The fourth-order valence-electron chi connectivity index (χ4n) is 4.45. The number of rotatable bonds is 13. The Kier molecular flexibility index (Phi) is 11.8. The summed E-state index contributed by atoms with van der Waals surface area (Å²) in [6.07, 6.45) is 6.64. The molecule has 0 aliphatic heterocycles. The van der Waals surface area contributed by atoms with Gasteiger partial charge in [0, 0.05) is 24.6 Å². The zero-order valence-electron chi connectivity index (χ0n) is 19.8. The molecule has 170 valence electrons. The van der Waals surface area contributed by atoms with Gasteiger partial charge in [0.05, 0.1) is 0 Å². The van der Waals surface area contributed by atoms with Crippen molar-refractivity contribution in [2.24, 2.45) is 22.7 Å². The highest BCUT2D eigenvalue weighted by molar-refractivity contribution is 7.58. The highest BCUT2D eigenvalue weighted by Crippen LogP contribution is 2.47. The van der Waals surface area contributed by atoms with Crippen molar-refractivity contribution in [2.45, 2.75) is 93.9 Å². The van der Waals surface area contributed by atoms with Crippen molar-refractivity contribution in [3.63, 3.8) is 0 Å². The second-order valence-electron chi connectivity index (χ2n) is 11.7. The van der Waals surface area contributed by atoms with E-state index in [1.165, 1.54) is 0 Å². The van der Waals surface area contributed by atoms with E-state index in [2.05, 4.69) is 55.4 Å². The number of hydrogen-bond acceptors (Lipinski definition) is 2. The van der Waals surface area contributed by atoms with Gasteiger partial charge in [0.25, 0.3) is 0 Å². The maximum Gasteiger partial charge on any atom is 0.200 e. The van der Waals surface area contributed by atoms with E-state index in [9.17, 15) is 18.9 Å². The number of hydrogen-bond donors (Lipinski definition) is 2. The molecule has 0 fully saturated rings. The molecule has 0 saturated carbocycles. The van der Waals surface area contributed by atoms with Crippen LogP contribution in [-0.2, 0) is 9.13 Å². The van der Waals surface area contributed by atoms with Gasteiger partial charge in [0.2, 0.25) is 14.7 Å². The molecule has 4 nitrogen and oxygen atoms in total. The quantitative estimate of drug-likeness (QED) is 0.235. The van der Waals surface area contributed by atoms with E-state index in [0.717, 1.165) is 38.5 Å². The van der Waals surface area contributed by atoms with Crippen molar-refractivity contribution in [3.8, 4) is 0 Å². The minimum atomic E-state index is -3.06. The topological polar surface area (TPSA) is 74.6 Å². The molecule has 0 saturated heterocycles. The SMILES string of the molecule is CC(CC(C)(C)C)CP(=O)(O)CCCCCCP(=O)(O)CC(C)CC(C)(C)C. The van der Waals surface area contributed by atoms with Crippen LogP contribution >= 0.6 is 14.7 Å². The van der Waals surface area contributed by atoms with Crippen molar-refractivity contribution in [3.05, 3.63) is 0 Å². The summed E-state index contributed by atoms with van der Waals surface area (Å²) < 4.78 is 24.8. The molecule has 0 rings (SSSR count). The molecule has 4 unspecified atom stereocenters. The molecule has 0 radical (unpaired) electrons. The van der Waals surface area contributed by atoms with E-state index < -0.39 is 14.7 Å². The molecule has 0 amide bonds. The molecule has 0 aliphatic carbocycles. The summed E-state index contributed by atoms with van der Waals surface area (Å²) in [5.41, 5.74) is 0.365. The average molecular weight is 439 g/mol. The standard InChI is InChI=1S/C22H48O4P2/c1-19(15-21(3,4)5)17-27(23,24)13-11-9-10-12-14-28(25,26)18-20(2)16-22(6,7)8/h19-20H,9-18H2,1-8H3,(H,23,24)(H,25,26). The lowest BCUT2D eigenvalue weighted by Crippen LogP contribution is -2.15. The van der Waals surface area contributed by atoms with E-state index in [0.29, 0.717) is 24.6 Å². The molecule has 6 heteroatoms. The van der Waals surface area contributed by atoms with Crippen LogP contribution in [0.15, 0.2) is 0 Å². The Morgan fingerprint density at radius 1 is 0.643 bits per heavy atom. The fourth-order valence-corrected chi connectivity index (χ4v) is 8.45. The van der Waals surface area contributed by atoms with Crippen LogP contribution in [0, 0.1) is 22.7 Å². The maximum absolute atomic E-state index is 12.4. The zero-order chi connectivity index (χ0) is 22.2. The highest BCUT2D eigenvalue weighted by atomic mass is 31.2. The van der Waals surface area contributed by atoms with Crippen molar-refractivity contribution < 1.29 is 18.9 Å². The average Bonchev–Trinajstić information content (AvgIpc) is 2.36. The van der Waals surface area contributed by atoms with Crippen LogP contribution in [0.2, 0.25) is 0 Å². The van der Waals surface area contributed by atoms with E-state index in [4.69, 9.17) is 0 Å². The Morgan fingerprint density at radius 3 is 1.18 bits per heavy atom. The minimum absolute atomic E-state index is 0.183. The van der Waals surface area contributed by atoms with Crippen molar-refractivity contribution >= 4 is 14.7 Å². The Balaban J connectivity index is 4.06. The third-order valence-electron chi connectivity index (χ3n) is 4.88. The smallest absolute Gasteiger partial charge is 0.200 e. The first kappa shape index (κ1) is 28.4. The van der Waals surface area contributed by atoms with Gasteiger partial charge in [-0.05, 0) is 48.3 Å². The van der Waals surface area contributed by atoms with Crippen LogP contribution < -0.4 is 0 Å². The Morgan fingerprint density at radius 2 is 0.929 bits per heavy atom. The van der Waals surface area contributed by atoms with Crippen LogP contribution in [0.4, 0.5) is 0 Å². The Hall–Kier alpha value is 0.380. The van der Waals surface area contributed by atoms with Gasteiger partial charge < -0.3 is 9.79 Å². The normalized spacial score (nSPS) is 19.6. The van der Waals surface area contributed by atoms with Crippen LogP contribution in [0.3, 0.4) is 0 Å². The molecular formula is C22H48O4P2. The van der Waals surface area contributed by atoms with E-state index in [-0.39, 0.29) is 22.7 Å². The number of unbranched alkanes of at least 4 members (excludes halogenated alkanes) is 3. The molecule has 2 N–H and O–H groups in total. The summed E-state index contributed by atoms with van der Waals surface area (Å²) in [5, 5.41) is 0. The first-order valence-electron chi connectivity index (χ1n) is 11.0. The first-order chi connectivity index (χ1) is 12.4. The third kappa shape index (κ3) is 17.3. The monoisotopic (exact) mass is 438 g/mol. The van der Waals surface area contributed by atoms with Crippen LogP contribution in [0.1, 0.15) is 93.9 Å². The summed E-state index contributed by atoms with van der Waals surface area (Å²) in [7, 11) is -6.12. The largest absolute Gasteiger partial charge is 0.344 e. The molecule has 0 heterocycles. The minimum Gasteiger partial charge on any atom is -0.344 e. The van der Waals surface area contributed by atoms with Gasteiger partial charge >= 0.3 is 0 Å². The summed E-state index contributed by atoms with van der Waals surface area (Å²) in [6, 6.07) is 0. The fraction of sp³-hybridized carbons (Fsp3) is 1.00. The lowest BCUT2D eigenvalue weighted by Gasteiger charge is -2.25. The van der Waals surface area contributed by atoms with Crippen LogP contribution in [0.5, 0.6) is 0 Å². The van der Waals surface area contributed by atoms with E-state index in [1.807, 2.05) is 0 Å². The Labute approximate surface area is 175 Å². The third-order valence-corrected chi connectivity index (χ3v) is 9.30. The molecule has 28 heavy (non-hydrogen) atoms. The molecule has 0 aromatic heterocycles. The molecule has 0 spiro atoms. The second-order valence-corrected chi connectivity index (χ2v) is 16.7. The molecule has 0 aromatic carbocycles. The lowest BCUT2D eigenvalue weighted by atomic mass is 9.86. The molecular weight excluding hydrogens is 390 g/mol. The van der Waals surface area contributed by atoms with Crippen molar-refractivity contribution in [2.75, 3.05) is 24.6 Å². The second kappa shape index (κ2) is 11.7. The Bertz CT molecular complexity index is 484. The van der Waals surface area contributed by atoms with E-state index >= 15 is 0 Å². The van der Waals surface area contributed by atoms with Gasteiger partial charge in [-0.2, -0.15) is 0 Å². The summed E-state index contributed by atoms with van der Waals surface area (Å²) in [5.74, 6) is 0.511. The van der Waals surface area contributed by atoms with Gasteiger partial charge in [-0.15, -0.1) is 0 Å². The first-order valence-corrected chi connectivity index (χ1v) is 15.1. The predicted octanol–water partition coefficient (Wildman–Crippen LogP) is 7.23. The van der Waals surface area contributed by atoms with Gasteiger partial charge in [0.15, 0.2) is 0 Å². The van der Waals surface area contributed by atoms with Crippen molar-refractivity contribution in [1.29, 1.82) is 0 Å². The van der Waals surface area contributed by atoms with Gasteiger partial charge in [-0.3, -0.25) is 9.13 Å². The predicted molar refractivity (Wildman–Crippen MR) is 124 cm³/mol. The molecule has 0 bridgehead atoms. The summed E-state index contributed by atoms with van der Waals surface area (Å²) in [4.78, 5) is 20.5. The van der Waals surface area contributed by atoms with Gasteiger partial charge in [-0.25, -0.2) is 0 Å². The van der Waals surface area contributed by atoms with E-state index in [1.54, 1.807) is 0 Å². The highest BCUT2D eigenvalue weighted by Gasteiger charge is 2.26. The van der Waals surface area contributed by atoms with Crippen molar-refractivity contribution in [1.82, 2.24) is 0 Å². The zero-order valence-corrected chi connectivity index (χ0v) is 21.6. The summed E-state index contributed by atoms with van der Waals surface area (Å²) >= 11 is 0. The van der Waals surface area contributed by atoms with Crippen LogP contribution in [0.25, 0.3) is 0 Å². The summed E-state index contributed by atoms with van der Waals surface area (Å²) in [6.45, 7) is 17.1.